The second-order valence-corrected chi connectivity index (χ2v) is 6.24. The minimum Gasteiger partial charge on any atom is -0.325 e. The SMILES string of the molecule is CCNC(CCC(C)C)c1cc2c(cc1Cl)NC(=O)C2. The number of carbonyl (C=O) groups is 1. The molecule has 3 nitrogen and oxygen atoms in total. The van der Waals surface area contributed by atoms with Crippen LogP contribution in [0.4, 0.5) is 5.69 Å². The molecule has 110 valence electrons. The zero-order valence-electron chi connectivity index (χ0n) is 12.4. The number of halogens is 1. The molecule has 0 saturated heterocycles. The smallest absolute Gasteiger partial charge is 0.228 e. The third-order valence-electron chi connectivity index (χ3n) is 3.71. The molecule has 2 rings (SSSR count). The summed E-state index contributed by atoms with van der Waals surface area (Å²) in [4.78, 5) is 11.5. The molecule has 0 radical (unpaired) electrons. The largest absolute Gasteiger partial charge is 0.325 e. The molecule has 1 aromatic carbocycles. The predicted octanol–water partition coefficient (Wildman–Crippen LogP) is 3.92. The van der Waals surface area contributed by atoms with Gasteiger partial charge in [-0.25, -0.2) is 0 Å². The highest BCUT2D eigenvalue weighted by Gasteiger charge is 2.22. The summed E-state index contributed by atoms with van der Waals surface area (Å²) in [6.45, 7) is 7.48. The third-order valence-corrected chi connectivity index (χ3v) is 4.03. The van der Waals surface area contributed by atoms with Crippen molar-refractivity contribution in [3.05, 3.63) is 28.3 Å². The maximum atomic E-state index is 11.5. The fraction of sp³-hybridized carbons (Fsp3) is 0.562. The summed E-state index contributed by atoms with van der Waals surface area (Å²) in [5, 5.41) is 7.09. The van der Waals surface area contributed by atoms with Gasteiger partial charge in [-0.1, -0.05) is 38.4 Å². The zero-order chi connectivity index (χ0) is 14.7. The summed E-state index contributed by atoms with van der Waals surface area (Å²) in [6, 6.07) is 4.23. The zero-order valence-corrected chi connectivity index (χ0v) is 13.2. The molecule has 0 bridgehead atoms. The molecule has 4 heteroatoms. The first-order chi connectivity index (χ1) is 9.51. The number of benzene rings is 1. The summed E-state index contributed by atoms with van der Waals surface area (Å²) >= 11 is 6.41. The molecule has 1 atom stereocenters. The van der Waals surface area contributed by atoms with E-state index in [1.165, 1.54) is 0 Å². The van der Waals surface area contributed by atoms with Crippen LogP contribution < -0.4 is 10.6 Å². The van der Waals surface area contributed by atoms with Gasteiger partial charge in [-0.05, 0) is 42.5 Å². The Hall–Kier alpha value is -1.06. The Kier molecular flexibility index (Phi) is 5.06. The second-order valence-electron chi connectivity index (χ2n) is 5.84. The molecule has 0 aromatic heterocycles. The maximum absolute atomic E-state index is 11.5. The van der Waals surface area contributed by atoms with Crippen molar-refractivity contribution in [1.29, 1.82) is 0 Å². The highest BCUT2D eigenvalue weighted by Crippen LogP contribution is 2.34. The van der Waals surface area contributed by atoms with Crippen LogP contribution in [0.15, 0.2) is 12.1 Å². The van der Waals surface area contributed by atoms with Crippen LogP contribution in [0.3, 0.4) is 0 Å². The molecule has 0 fully saturated rings. The van der Waals surface area contributed by atoms with Gasteiger partial charge in [0.1, 0.15) is 0 Å². The van der Waals surface area contributed by atoms with Gasteiger partial charge in [0.05, 0.1) is 6.42 Å². The van der Waals surface area contributed by atoms with Crippen LogP contribution in [0, 0.1) is 5.92 Å². The van der Waals surface area contributed by atoms with Gasteiger partial charge >= 0.3 is 0 Å². The van der Waals surface area contributed by atoms with E-state index >= 15 is 0 Å². The van der Waals surface area contributed by atoms with Crippen molar-refractivity contribution < 1.29 is 4.79 Å². The van der Waals surface area contributed by atoms with E-state index in [-0.39, 0.29) is 11.9 Å². The molecule has 0 saturated carbocycles. The number of nitrogens with one attached hydrogen (secondary N) is 2. The maximum Gasteiger partial charge on any atom is 0.228 e. The Morgan fingerprint density at radius 2 is 2.10 bits per heavy atom. The van der Waals surface area contributed by atoms with Crippen molar-refractivity contribution in [2.75, 3.05) is 11.9 Å². The average molecular weight is 295 g/mol. The molecule has 1 aliphatic rings. The Balaban J connectivity index is 2.24. The van der Waals surface area contributed by atoms with E-state index in [0.29, 0.717) is 12.3 Å². The molecule has 1 heterocycles. The Labute approximate surface area is 126 Å². The molecule has 2 N–H and O–H groups in total. The van der Waals surface area contributed by atoms with Gasteiger partial charge in [0, 0.05) is 16.8 Å². The topological polar surface area (TPSA) is 41.1 Å². The minimum absolute atomic E-state index is 0.0513. The average Bonchev–Trinajstić information content (AvgIpc) is 2.72. The first-order valence-corrected chi connectivity index (χ1v) is 7.74. The van der Waals surface area contributed by atoms with Crippen LogP contribution in [0.5, 0.6) is 0 Å². The summed E-state index contributed by atoms with van der Waals surface area (Å²) in [6.07, 6.45) is 2.68. The number of hydrogen-bond donors (Lipinski definition) is 2. The summed E-state index contributed by atoms with van der Waals surface area (Å²) in [5.41, 5.74) is 3.04. The normalized spacial score (nSPS) is 15.3. The highest BCUT2D eigenvalue weighted by atomic mass is 35.5. The molecule has 0 aliphatic carbocycles. The monoisotopic (exact) mass is 294 g/mol. The van der Waals surface area contributed by atoms with Crippen molar-refractivity contribution in [2.24, 2.45) is 5.92 Å². The van der Waals surface area contributed by atoms with Crippen LogP contribution in [0.2, 0.25) is 5.02 Å². The van der Waals surface area contributed by atoms with E-state index in [9.17, 15) is 4.79 Å². The van der Waals surface area contributed by atoms with Gasteiger partial charge in [-0.3, -0.25) is 4.79 Å². The van der Waals surface area contributed by atoms with Crippen molar-refractivity contribution in [2.45, 2.75) is 46.1 Å². The summed E-state index contributed by atoms with van der Waals surface area (Å²) in [7, 11) is 0. The number of rotatable bonds is 6. The van der Waals surface area contributed by atoms with Crippen LogP contribution in [-0.2, 0) is 11.2 Å². The molecule has 1 unspecified atom stereocenters. The van der Waals surface area contributed by atoms with Crippen LogP contribution >= 0.6 is 11.6 Å². The molecular weight excluding hydrogens is 272 g/mol. The number of carbonyl (C=O) groups excluding carboxylic acids is 1. The first-order valence-electron chi connectivity index (χ1n) is 7.36. The fourth-order valence-electron chi connectivity index (χ4n) is 2.65. The van der Waals surface area contributed by atoms with E-state index in [2.05, 4.69) is 37.5 Å². The summed E-state index contributed by atoms with van der Waals surface area (Å²) < 4.78 is 0. The first kappa shape index (κ1) is 15.3. The number of fused-ring (bicyclic) bond motifs is 1. The van der Waals surface area contributed by atoms with Crippen molar-refractivity contribution in [3.63, 3.8) is 0 Å². The van der Waals surface area contributed by atoms with E-state index in [1.54, 1.807) is 0 Å². The third kappa shape index (κ3) is 3.53. The van der Waals surface area contributed by atoms with Gasteiger partial charge in [0.15, 0.2) is 0 Å². The lowest BCUT2D eigenvalue weighted by Gasteiger charge is -2.21. The lowest BCUT2D eigenvalue weighted by Crippen LogP contribution is -2.21. The lowest BCUT2D eigenvalue weighted by molar-refractivity contribution is -0.115. The van der Waals surface area contributed by atoms with Gasteiger partial charge < -0.3 is 10.6 Å². The fourth-order valence-corrected chi connectivity index (χ4v) is 2.94. The number of amides is 1. The van der Waals surface area contributed by atoms with Crippen molar-refractivity contribution in [1.82, 2.24) is 5.32 Å². The standard InChI is InChI=1S/C16H23ClN2O/c1-4-18-14(6-5-10(2)3)12-7-11-8-16(20)19-15(11)9-13(12)17/h7,9-10,14,18H,4-6,8H2,1-3H3,(H,19,20). The van der Waals surface area contributed by atoms with Crippen LogP contribution in [-0.4, -0.2) is 12.5 Å². The number of hydrogen-bond acceptors (Lipinski definition) is 2. The lowest BCUT2D eigenvalue weighted by atomic mass is 9.95. The van der Waals surface area contributed by atoms with Crippen LogP contribution in [0.25, 0.3) is 0 Å². The van der Waals surface area contributed by atoms with Gasteiger partial charge in [0.2, 0.25) is 5.91 Å². The van der Waals surface area contributed by atoms with Crippen molar-refractivity contribution >= 4 is 23.2 Å². The van der Waals surface area contributed by atoms with Gasteiger partial charge in [-0.15, -0.1) is 0 Å². The molecule has 1 aromatic rings. The van der Waals surface area contributed by atoms with E-state index in [4.69, 9.17) is 11.6 Å². The van der Waals surface area contributed by atoms with Crippen LogP contribution in [0.1, 0.15) is 50.8 Å². The molecule has 20 heavy (non-hydrogen) atoms. The van der Waals surface area contributed by atoms with Crippen molar-refractivity contribution in [3.8, 4) is 0 Å². The van der Waals surface area contributed by atoms with Gasteiger partial charge in [0.25, 0.3) is 0 Å². The van der Waals surface area contributed by atoms with Gasteiger partial charge in [-0.2, -0.15) is 0 Å². The summed E-state index contributed by atoms with van der Waals surface area (Å²) in [5.74, 6) is 0.725. The van der Waals surface area contributed by atoms with E-state index in [1.807, 2.05) is 6.07 Å². The second kappa shape index (κ2) is 6.59. The molecular formula is C16H23ClN2O. The molecule has 0 spiro atoms. The Morgan fingerprint density at radius 1 is 1.35 bits per heavy atom. The minimum atomic E-state index is 0.0513. The Bertz CT molecular complexity index is 499. The Morgan fingerprint density at radius 3 is 2.75 bits per heavy atom. The van der Waals surface area contributed by atoms with E-state index in [0.717, 1.165) is 41.2 Å². The quantitative estimate of drug-likeness (QED) is 0.835. The highest BCUT2D eigenvalue weighted by molar-refractivity contribution is 6.32. The molecule has 1 aliphatic heterocycles. The van der Waals surface area contributed by atoms with E-state index < -0.39 is 0 Å². The number of anilines is 1. The predicted molar refractivity (Wildman–Crippen MR) is 84.3 cm³/mol. The molecule has 1 amide bonds.